The Bertz CT molecular complexity index is 1330. The molecule has 7 nitrogen and oxygen atoms in total. The number of piperazine rings is 1. The highest BCUT2D eigenvalue weighted by Crippen LogP contribution is 2.35. The summed E-state index contributed by atoms with van der Waals surface area (Å²) in [5, 5.41) is 3.11. The number of carbonyl (C=O) groups excluding carboxylic acids is 3. The summed E-state index contributed by atoms with van der Waals surface area (Å²) in [4.78, 5) is 40.9. The number of aryl methyl sites for hydroxylation is 2. The summed E-state index contributed by atoms with van der Waals surface area (Å²) < 4.78 is 5.52. The van der Waals surface area contributed by atoms with Crippen LogP contribution in [0.5, 0.6) is 0 Å². The maximum absolute atomic E-state index is 13.2. The zero-order valence-corrected chi connectivity index (χ0v) is 22.7. The van der Waals surface area contributed by atoms with Crippen molar-refractivity contribution in [1.29, 1.82) is 0 Å². The van der Waals surface area contributed by atoms with Crippen molar-refractivity contribution >= 4 is 29.7 Å². The van der Waals surface area contributed by atoms with Crippen LogP contribution in [-0.4, -0.2) is 55.0 Å². The third-order valence-corrected chi connectivity index (χ3v) is 6.54. The van der Waals surface area contributed by atoms with Crippen molar-refractivity contribution in [3.05, 3.63) is 82.9 Å². The number of aldehydes is 1. The SMILES string of the molecule is Cc1ccc(C(=O)Nc2cc(N3CCN(C(=O)OC(C)(C)C)CC3)ccc2-c2ccc(C=O)cc2C)cc1. The first-order valence-corrected chi connectivity index (χ1v) is 12.9. The molecule has 1 aliphatic rings. The molecule has 0 aromatic heterocycles. The van der Waals surface area contributed by atoms with Crippen molar-refractivity contribution in [2.75, 3.05) is 36.4 Å². The number of ether oxygens (including phenoxy) is 1. The van der Waals surface area contributed by atoms with E-state index in [-0.39, 0.29) is 12.0 Å². The van der Waals surface area contributed by atoms with Crippen molar-refractivity contribution in [2.24, 2.45) is 0 Å². The Morgan fingerprint density at radius 2 is 1.53 bits per heavy atom. The topological polar surface area (TPSA) is 79.0 Å². The molecule has 1 aliphatic heterocycles. The highest BCUT2D eigenvalue weighted by molar-refractivity contribution is 6.07. The summed E-state index contributed by atoms with van der Waals surface area (Å²) in [5.74, 6) is -0.194. The first-order valence-electron chi connectivity index (χ1n) is 12.9. The second-order valence-corrected chi connectivity index (χ2v) is 10.7. The molecule has 1 N–H and O–H groups in total. The van der Waals surface area contributed by atoms with Crippen LogP contribution in [0.4, 0.5) is 16.2 Å². The van der Waals surface area contributed by atoms with E-state index in [4.69, 9.17) is 4.74 Å². The molecule has 198 valence electrons. The van der Waals surface area contributed by atoms with E-state index in [0.717, 1.165) is 34.2 Å². The van der Waals surface area contributed by atoms with Crippen LogP contribution >= 0.6 is 0 Å². The molecule has 0 bridgehead atoms. The fourth-order valence-corrected chi connectivity index (χ4v) is 4.50. The molecule has 7 heteroatoms. The summed E-state index contributed by atoms with van der Waals surface area (Å²) in [6, 6.07) is 19.0. The van der Waals surface area contributed by atoms with E-state index < -0.39 is 5.60 Å². The molecule has 3 aromatic carbocycles. The van der Waals surface area contributed by atoms with Crippen LogP contribution < -0.4 is 10.2 Å². The van der Waals surface area contributed by atoms with Gasteiger partial charge >= 0.3 is 6.09 Å². The van der Waals surface area contributed by atoms with Gasteiger partial charge in [0.1, 0.15) is 11.9 Å². The molecule has 0 aliphatic carbocycles. The van der Waals surface area contributed by atoms with Crippen LogP contribution in [0.1, 0.15) is 52.6 Å². The third-order valence-electron chi connectivity index (χ3n) is 6.54. The van der Waals surface area contributed by atoms with Gasteiger partial charge in [0.2, 0.25) is 0 Å². The van der Waals surface area contributed by atoms with Crippen LogP contribution in [0.25, 0.3) is 11.1 Å². The standard InChI is InChI=1S/C31H35N3O4/c1-21-6-9-24(10-7-21)29(36)32-28-19-25(11-13-27(28)26-12-8-23(20-35)18-22(26)2)33-14-16-34(17-15-33)30(37)38-31(3,4)5/h6-13,18-20H,14-17H2,1-5H3,(H,32,36). The van der Waals surface area contributed by atoms with Crippen LogP contribution in [0.2, 0.25) is 0 Å². The number of hydrogen-bond donors (Lipinski definition) is 1. The average Bonchev–Trinajstić information content (AvgIpc) is 2.88. The average molecular weight is 514 g/mol. The van der Waals surface area contributed by atoms with Crippen LogP contribution in [0, 0.1) is 13.8 Å². The number of carbonyl (C=O) groups is 3. The maximum atomic E-state index is 13.2. The Labute approximate surface area is 224 Å². The smallest absolute Gasteiger partial charge is 0.410 e. The van der Waals surface area contributed by atoms with Gasteiger partial charge in [0, 0.05) is 48.6 Å². The van der Waals surface area contributed by atoms with Crippen molar-refractivity contribution in [3.63, 3.8) is 0 Å². The lowest BCUT2D eigenvalue weighted by Crippen LogP contribution is -2.50. The monoisotopic (exact) mass is 513 g/mol. The van der Waals surface area contributed by atoms with Crippen molar-refractivity contribution in [3.8, 4) is 11.1 Å². The van der Waals surface area contributed by atoms with Gasteiger partial charge < -0.3 is 19.9 Å². The van der Waals surface area contributed by atoms with Gasteiger partial charge in [-0.25, -0.2) is 4.79 Å². The first-order chi connectivity index (χ1) is 18.0. The lowest BCUT2D eigenvalue weighted by atomic mass is 9.96. The fourth-order valence-electron chi connectivity index (χ4n) is 4.50. The molecule has 38 heavy (non-hydrogen) atoms. The second-order valence-electron chi connectivity index (χ2n) is 10.7. The summed E-state index contributed by atoms with van der Waals surface area (Å²) in [7, 11) is 0. The fraction of sp³-hybridized carbons (Fsp3) is 0.323. The quantitative estimate of drug-likeness (QED) is 0.418. The molecule has 1 fully saturated rings. The summed E-state index contributed by atoms with van der Waals surface area (Å²) >= 11 is 0. The van der Waals surface area contributed by atoms with Gasteiger partial charge in [-0.2, -0.15) is 0 Å². The number of amides is 2. The molecule has 4 rings (SSSR count). The summed E-state index contributed by atoms with van der Waals surface area (Å²) in [5.41, 5.74) is 6.13. The van der Waals surface area contributed by atoms with E-state index in [9.17, 15) is 14.4 Å². The summed E-state index contributed by atoms with van der Waals surface area (Å²) in [6.45, 7) is 11.9. The predicted molar refractivity (Wildman–Crippen MR) is 151 cm³/mol. The van der Waals surface area contributed by atoms with Crippen LogP contribution in [0.3, 0.4) is 0 Å². The van der Waals surface area contributed by atoms with E-state index in [2.05, 4.69) is 10.2 Å². The van der Waals surface area contributed by atoms with Crippen molar-refractivity contribution < 1.29 is 19.1 Å². The predicted octanol–water partition coefficient (Wildman–Crippen LogP) is 6.09. The lowest BCUT2D eigenvalue weighted by Gasteiger charge is -2.37. The molecule has 0 atom stereocenters. The molecule has 0 spiro atoms. The normalized spacial score (nSPS) is 13.7. The number of hydrogen-bond acceptors (Lipinski definition) is 5. The largest absolute Gasteiger partial charge is 0.444 e. The number of anilines is 2. The van der Waals surface area contributed by atoms with Gasteiger partial charge in [-0.3, -0.25) is 9.59 Å². The molecule has 3 aromatic rings. The lowest BCUT2D eigenvalue weighted by molar-refractivity contribution is 0.0240. The zero-order chi connectivity index (χ0) is 27.4. The van der Waals surface area contributed by atoms with Crippen molar-refractivity contribution in [1.82, 2.24) is 4.90 Å². The Hall–Kier alpha value is -4.13. The number of rotatable bonds is 5. The number of nitrogens with one attached hydrogen (secondary N) is 1. The highest BCUT2D eigenvalue weighted by Gasteiger charge is 2.26. The van der Waals surface area contributed by atoms with E-state index in [1.807, 2.05) is 89.2 Å². The minimum absolute atomic E-state index is 0.194. The molecule has 0 unspecified atom stereocenters. The number of benzene rings is 3. The minimum Gasteiger partial charge on any atom is -0.444 e. The van der Waals surface area contributed by atoms with Gasteiger partial charge in [-0.15, -0.1) is 0 Å². The minimum atomic E-state index is -0.531. The highest BCUT2D eigenvalue weighted by atomic mass is 16.6. The molecule has 2 amide bonds. The molecule has 0 radical (unpaired) electrons. The van der Waals surface area contributed by atoms with Gasteiger partial charge in [-0.1, -0.05) is 35.9 Å². The number of nitrogens with zero attached hydrogens (tertiary/aromatic N) is 2. The molecule has 1 heterocycles. The Balaban J connectivity index is 1.61. The van der Waals surface area contributed by atoms with E-state index in [1.54, 1.807) is 11.0 Å². The summed E-state index contributed by atoms with van der Waals surface area (Å²) in [6.07, 6.45) is 0.532. The Kier molecular flexibility index (Phi) is 7.86. The molecule has 1 saturated heterocycles. The first kappa shape index (κ1) is 26.9. The van der Waals surface area contributed by atoms with E-state index >= 15 is 0 Å². The van der Waals surface area contributed by atoms with Crippen LogP contribution in [-0.2, 0) is 4.74 Å². The van der Waals surface area contributed by atoms with Gasteiger partial charge in [0.05, 0.1) is 5.69 Å². The van der Waals surface area contributed by atoms with E-state index in [1.165, 1.54) is 0 Å². The van der Waals surface area contributed by atoms with Crippen molar-refractivity contribution in [2.45, 2.75) is 40.2 Å². The van der Waals surface area contributed by atoms with E-state index in [0.29, 0.717) is 43.0 Å². The molecular formula is C31H35N3O4. The molecular weight excluding hydrogens is 478 g/mol. The maximum Gasteiger partial charge on any atom is 0.410 e. The Morgan fingerprint density at radius 1 is 0.868 bits per heavy atom. The van der Waals surface area contributed by atoms with Crippen LogP contribution in [0.15, 0.2) is 60.7 Å². The third kappa shape index (κ3) is 6.40. The van der Waals surface area contributed by atoms with Gasteiger partial charge in [0.25, 0.3) is 5.91 Å². The van der Waals surface area contributed by atoms with Gasteiger partial charge in [0.15, 0.2) is 0 Å². The molecule has 0 saturated carbocycles. The zero-order valence-electron chi connectivity index (χ0n) is 22.7. The van der Waals surface area contributed by atoms with Gasteiger partial charge in [-0.05, 0) is 76.1 Å². The second kappa shape index (κ2) is 11.1. The Morgan fingerprint density at radius 3 is 2.13 bits per heavy atom.